The summed E-state index contributed by atoms with van der Waals surface area (Å²) in [5, 5.41) is 1.34. The molecule has 0 N–H and O–H groups in total. The average Bonchev–Trinajstić information content (AvgIpc) is 2.43. The Morgan fingerprint density at radius 1 is 1.67 bits per heavy atom. The topological polar surface area (TPSA) is 26.0 Å². The van der Waals surface area contributed by atoms with E-state index < -0.39 is 0 Å². The molecule has 5 heteroatoms. The second kappa shape index (κ2) is 11.7. The maximum absolute atomic E-state index is 4.78. The fraction of sp³-hybridized carbons (Fsp3) is 0.571. The summed E-state index contributed by atoms with van der Waals surface area (Å²) < 4.78 is 5.62. The van der Waals surface area contributed by atoms with Gasteiger partial charge in [-0.15, -0.1) is 12.4 Å². The number of nitrogens with zero attached hydrogens (tertiary/aromatic N) is 1. The van der Waals surface area contributed by atoms with Gasteiger partial charge < -0.3 is 0 Å². The van der Waals surface area contributed by atoms with Crippen LogP contribution in [0, 0.1) is 0 Å². The third-order valence-corrected chi connectivity index (χ3v) is 1.92. The molecular formula is C7H12ClLiNOZn. The molecule has 12 heavy (non-hydrogen) atoms. The van der Waals surface area contributed by atoms with Gasteiger partial charge in [0.1, 0.15) is 0 Å². The second-order valence-electron chi connectivity index (χ2n) is 2.28. The van der Waals surface area contributed by atoms with E-state index in [1.807, 2.05) is 0 Å². The van der Waals surface area contributed by atoms with Crippen LogP contribution < -0.4 is 4.49 Å². The standard InChI is InChI=1S/C4H9.C3H2NO.ClH.Li.Zn/c1-3-4-2;1-2-5-3-4-1;;;/h1,3-4H2,2H3;1-2H;1H;;. The number of hydrogen-bond acceptors (Lipinski definition) is 2. The Morgan fingerprint density at radius 2 is 2.33 bits per heavy atom. The fourth-order valence-corrected chi connectivity index (χ4v) is 1.03. The van der Waals surface area contributed by atoms with E-state index >= 15 is 0 Å². The zero-order valence-corrected chi connectivity index (χ0v) is 11.5. The van der Waals surface area contributed by atoms with Crippen LogP contribution in [-0.2, 0) is 18.3 Å². The molecule has 0 bridgehead atoms. The van der Waals surface area contributed by atoms with Crippen LogP contribution in [0.4, 0.5) is 0 Å². The Bertz CT molecular complexity index is 158. The molecule has 0 aromatic carbocycles. The van der Waals surface area contributed by atoms with E-state index in [1.165, 1.54) is 17.9 Å². The van der Waals surface area contributed by atoms with Gasteiger partial charge in [0.25, 0.3) is 0 Å². The third-order valence-electron chi connectivity index (χ3n) is 1.19. The van der Waals surface area contributed by atoms with Gasteiger partial charge in [0.05, 0.1) is 0 Å². The molecule has 61 valence electrons. The number of rotatable bonds is 2. The molecule has 0 saturated carbocycles. The molecule has 0 fully saturated rings. The van der Waals surface area contributed by atoms with Crippen LogP contribution in [-0.4, -0.2) is 22.7 Å². The zero-order valence-electron chi connectivity index (χ0n) is 7.75. The van der Waals surface area contributed by atoms with Gasteiger partial charge in [-0.25, -0.2) is 0 Å². The van der Waals surface area contributed by atoms with Gasteiger partial charge in [0.15, 0.2) is 0 Å². The number of hydrogen-bond donors (Lipinski definition) is 0. The molecule has 0 aliphatic heterocycles. The molecular weight excluding hydrogens is 222 g/mol. The van der Waals surface area contributed by atoms with Crippen molar-refractivity contribution in [2.24, 2.45) is 0 Å². The maximum atomic E-state index is 4.78. The van der Waals surface area contributed by atoms with E-state index in [4.69, 9.17) is 4.42 Å². The molecule has 0 spiro atoms. The van der Waals surface area contributed by atoms with Crippen molar-refractivity contribution in [3.05, 3.63) is 12.5 Å². The Balaban J connectivity index is 0. The van der Waals surface area contributed by atoms with Crippen molar-refractivity contribution < 1.29 is 22.7 Å². The van der Waals surface area contributed by atoms with Crippen LogP contribution in [0.15, 0.2) is 16.9 Å². The van der Waals surface area contributed by atoms with Crippen LogP contribution >= 0.6 is 12.4 Å². The summed E-state index contributed by atoms with van der Waals surface area (Å²) in [6.45, 7) is 2.21. The summed E-state index contributed by atoms with van der Waals surface area (Å²) in [7, 11) is 0. The first-order valence-electron chi connectivity index (χ1n) is 4.02. The zero-order chi connectivity index (χ0) is 8.53. The van der Waals surface area contributed by atoms with Crippen LogP contribution in [0.5, 0.6) is 0 Å². The molecule has 0 radical (unpaired) electrons. The molecule has 0 saturated heterocycles. The van der Waals surface area contributed by atoms with Gasteiger partial charge in [-0.05, 0) is 0 Å². The van der Waals surface area contributed by atoms with Crippen molar-refractivity contribution >= 4 is 34.6 Å². The predicted octanol–water partition coefficient (Wildman–Crippen LogP) is 1.64. The molecule has 0 amide bonds. The average molecular weight is 234 g/mol. The molecule has 1 aromatic heterocycles. The Hall–Kier alpha value is 0.721. The third kappa shape index (κ3) is 10.7. The van der Waals surface area contributed by atoms with Crippen molar-refractivity contribution in [3.63, 3.8) is 0 Å². The van der Waals surface area contributed by atoms with E-state index in [-0.39, 0.29) is 12.4 Å². The van der Waals surface area contributed by atoms with E-state index in [0.29, 0.717) is 0 Å². The Morgan fingerprint density at radius 3 is 2.42 bits per heavy atom. The molecule has 0 aliphatic rings. The first kappa shape index (κ1) is 15.2. The number of aromatic nitrogens is 1. The molecule has 1 heterocycles. The van der Waals surface area contributed by atoms with E-state index in [0.717, 1.165) is 22.8 Å². The SMILES string of the molecule is Cl.[Li][CH2]CCC.[Zn][c]1ncco1. The van der Waals surface area contributed by atoms with Crippen molar-refractivity contribution in [1.29, 1.82) is 0 Å². The summed E-state index contributed by atoms with van der Waals surface area (Å²) in [6, 6.07) is 0. The summed E-state index contributed by atoms with van der Waals surface area (Å²) >= 11 is 3.22. The van der Waals surface area contributed by atoms with Gasteiger partial charge in [0, 0.05) is 0 Å². The van der Waals surface area contributed by atoms with Crippen molar-refractivity contribution in [2.45, 2.75) is 24.9 Å². The quantitative estimate of drug-likeness (QED) is 0.727. The minimum atomic E-state index is 0. The molecule has 0 unspecified atom stereocenters. The summed E-state index contributed by atoms with van der Waals surface area (Å²) in [5.74, 6) is 0. The molecule has 1 rings (SSSR count). The summed E-state index contributed by atoms with van der Waals surface area (Å²) in [4.78, 5) is 3.81. The molecule has 0 aliphatic carbocycles. The van der Waals surface area contributed by atoms with Crippen LogP contribution in [0.25, 0.3) is 0 Å². The molecule has 2 nitrogen and oxygen atoms in total. The van der Waals surface area contributed by atoms with Crippen LogP contribution in [0.3, 0.4) is 0 Å². The van der Waals surface area contributed by atoms with Gasteiger partial charge >= 0.3 is 87.2 Å². The van der Waals surface area contributed by atoms with Crippen molar-refractivity contribution in [1.82, 2.24) is 4.98 Å². The Kier molecular flexibility index (Phi) is 14.9. The van der Waals surface area contributed by atoms with E-state index in [9.17, 15) is 0 Å². The minimum absolute atomic E-state index is 0. The van der Waals surface area contributed by atoms with Gasteiger partial charge in [-0.2, -0.15) is 0 Å². The van der Waals surface area contributed by atoms with Crippen molar-refractivity contribution in [2.75, 3.05) is 0 Å². The van der Waals surface area contributed by atoms with Crippen molar-refractivity contribution in [3.8, 4) is 0 Å². The van der Waals surface area contributed by atoms with Gasteiger partial charge in [0.2, 0.25) is 0 Å². The molecule has 1 aromatic rings. The first-order valence-corrected chi connectivity index (χ1v) is 5.51. The van der Waals surface area contributed by atoms with Gasteiger partial charge in [-0.1, -0.05) is 0 Å². The number of halogens is 1. The monoisotopic (exact) mass is 232 g/mol. The molecule has 0 atom stereocenters. The van der Waals surface area contributed by atoms with E-state index in [2.05, 4.69) is 29.6 Å². The van der Waals surface area contributed by atoms with Crippen LogP contribution in [0.1, 0.15) is 19.8 Å². The summed E-state index contributed by atoms with van der Waals surface area (Å²) in [6.07, 6.45) is 5.97. The predicted molar refractivity (Wildman–Crippen MR) is 48.9 cm³/mol. The number of oxazole rings is 1. The summed E-state index contributed by atoms with van der Waals surface area (Å²) in [5.41, 5.74) is 0. The number of unbranched alkanes of at least 4 members (excludes halogenated alkanes) is 1. The van der Waals surface area contributed by atoms with Gasteiger partial charge in [-0.3, -0.25) is 0 Å². The van der Waals surface area contributed by atoms with E-state index in [1.54, 1.807) is 12.5 Å². The first-order chi connectivity index (χ1) is 5.31. The normalized spacial score (nSPS) is 8.08. The fourth-order valence-electron chi connectivity index (χ4n) is 0.607. The Labute approximate surface area is 99.2 Å². The second-order valence-corrected chi connectivity index (χ2v) is 3.55. The van der Waals surface area contributed by atoms with Crippen LogP contribution in [0.2, 0.25) is 5.09 Å².